The number of fused-ring (bicyclic) bond motifs is 6. The molecule has 8 rings (SSSR count). The van der Waals surface area contributed by atoms with Crippen LogP contribution in [0.1, 0.15) is 25.0 Å². The molecule has 0 aliphatic heterocycles. The zero-order chi connectivity index (χ0) is 28.4. The van der Waals surface area contributed by atoms with E-state index >= 15 is 0 Å². The van der Waals surface area contributed by atoms with Gasteiger partial charge in [0.2, 0.25) is 0 Å². The minimum Gasteiger partial charge on any atom is -0.308 e. The molecule has 1 aliphatic carbocycles. The van der Waals surface area contributed by atoms with Crippen molar-refractivity contribution in [3.8, 4) is 22.3 Å². The standard InChI is InChI=1S/C39H28BrNS/c1-39(2)32-18-8-6-15-28(32)29-23-22-26(24-33(29)39)41(35-20-9-7-14-27(35)25-12-4-3-5-13-25)36-21-11-17-31-30-16-10-19-34(40)37(30)42-38(31)36/h3-24H,1-2H3. The molecule has 0 atom stereocenters. The van der Waals surface area contributed by atoms with Gasteiger partial charge in [0, 0.05) is 36.6 Å². The zero-order valence-electron chi connectivity index (χ0n) is 23.4. The van der Waals surface area contributed by atoms with Crippen molar-refractivity contribution in [2.45, 2.75) is 19.3 Å². The van der Waals surface area contributed by atoms with Crippen LogP contribution in [-0.4, -0.2) is 0 Å². The Morgan fingerprint density at radius 3 is 2.02 bits per heavy atom. The third kappa shape index (κ3) is 3.81. The maximum atomic E-state index is 3.83. The highest BCUT2D eigenvalue weighted by Crippen LogP contribution is 2.52. The van der Waals surface area contributed by atoms with Crippen LogP contribution in [0.2, 0.25) is 0 Å². The van der Waals surface area contributed by atoms with Gasteiger partial charge in [0.25, 0.3) is 0 Å². The summed E-state index contributed by atoms with van der Waals surface area (Å²) in [5.74, 6) is 0. The number of nitrogens with zero attached hydrogens (tertiary/aromatic N) is 1. The number of hydrogen-bond donors (Lipinski definition) is 0. The molecule has 0 saturated heterocycles. The minimum absolute atomic E-state index is 0.0823. The minimum atomic E-state index is -0.0823. The van der Waals surface area contributed by atoms with E-state index in [1.165, 1.54) is 70.6 Å². The molecule has 1 nitrogen and oxygen atoms in total. The summed E-state index contributed by atoms with van der Waals surface area (Å²) in [6.07, 6.45) is 0. The Labute approximate surface area is 258 Å². The molecule has 1 aliphatic rings. The number of thiophene rings is 1. The van der Waals surface area contributed by atoms with Crippen molar-refractivity contribution in [2.75, 3.05) is 4.90 Å². The second-order valence-electron chi connectivity index (χ2n) is 11.5. The van der Waals surface area contributed by atoms with E-state index in [1.54, 1.807) is 0 Å². The maximum absolute atomic E-state index is 3.83. The number of para-hydroxylation sites is 1. The second kappa shape index (κ2) is 9.69. The van der Waals surface area contributed by atoms with Crippen molar-refractivity contribution >= 4 is 64.5 Å². The smallest absolute Gasteiger partial charge is 0.0640 e. The van der Waals surface area contributed by atoms with E-state index in [0.717, 1.165) is 4.47 Å². The zero-order valence-corrected chi connectivity index (χ0v) is 25.8. The Morgan fingerprint density at radius 1 is 0.548 bits per heavy atom. The summed E-state index contributed by atoms with van der Waals surface area (Å²) in [7, 11) is 0. The predicted molar refractivity (Wildman–Crippen MR) is 185 cm³/mol. The van der Waals surface area contributed by atoms with Gasteiger partial charge in [0.1, 0.15) is 0 Å². The first-order valence-electron chi connectivity index (χ1n) is 14.3. The monoisotopic (exact) mass is 621 g/mol. The average Bonchev–Trinajstić information content (AvgIpc) is 3.52. The summed E-state index contributed by atoms with van der Waals surface area (Å²) in [6.45, 7) is 4.71. The summed E-state index contributed by atoms with van der Waals surface area (Å²) in [4.78, 5) is 2.48. The molecule has 1 heterocycles. The number of rotatable bonds is 4. The van der Waals surface area contributed by atoms with E-state index < -0.39 is 0 Å². The van der Waals surface area contributed by atoms with Gasteiger partial charge in [-0.05, 0) is 74.1 Å². The number of hydrogen-bond acceptors (Lipinski definition) is 2. The fourth-order valence-electron chi connectivity index (χ4n) is 6.72. The van der Waals surface area contributed by atoms with Crippen LogP contribution in [0.15, 0.2) is 138 Å². The molecule has 0 radical (unpaired) electrons. The van der Waals surface area contributed by atoms with Gasteiger partial charge in [-0.2, -0.15) is 0 Å². The maximum Gasteiger partial charge on any atom is 0.0640 e. The molecule has 0 unspecified atom stereocenters. The molecule has 0 bridgehead atoms. The van der Waals surface area contributed by atoms with Crippen molar-refractivity contribution in [1.29, 1.82) is 0 Å². The Hall–Kier alpha value is -4.18. The number of anilines is 3. The van der Waals surface area contributed by atoms with Crippen LogP contribution in [0.25, 0.3) is 42.4 Å². The lowest BCUT2D eigenvalue weighted by atomic mass is 9.82. The predicted octanol–water partition coefficient (Wildman–Crippen LogP) is 12.3. The van der Waals surface area contributed by atoms with Gasteiger partial charge in [-0.1, -0.05) is 117 Å². The molecular weight excluding hydrogens is 594 g/mol. The molecule has 42 heavy (non-hydrogen) atoms. The normalized spacial score (nSPS) is 13.3. The topological polar surface area (TPSA) is 3.24 Å². The molecule has 1 aromatic heterocycles. The van der Waals surface area contributed by atoms with Gasteiger partial charge in [-0.15, -0.1) is 11.3 Å². The van der Waals surface area contributed by atoms with Gasteiger partial charge in [0.15, 0.2) is 0 Å². The first kappa shape index (κ1) is 25.5. The van der Waals surface area contributed by atoms with E-state index in [-0.39, 0.29) is 5.41 Å². The summed E-state index contributed by atoms with van der Waals surface area (Å²) in [5, 5.41) is 2.57. The van der Waals surface area contributed by atoms with Crippen molar-refractivity contribution in [3.63, 3.8) is 0 Å². The van der Waals surface area contributed by atoms with Crippen LogP contribution in [0.5, 0.6) is 0 Å². The molecule has 6 aromatic carbocycles. The lowest BCUT2D eigenvalue weighted by Gasteiger charge is -2.30. The van der Waals surface area contributed by atoms with Crippen molar-refractivity contribution in [2.24, 2.45) is 0 Å². The van der Waals surface area contributed by atoms with Gasteiger partial charge >= 0.3 is 0 Å². The van der Waals surface area contributed by atoms with Crippen LogP contribution >= 0.6 is 27.3 Å². The molecular formula is C39H28BrNS. The van der Waals surface area contributed by atoms with Gasteiger partial charge < -0.3 is 4.90 Å². The van der Waals surface area contributed by atoms with E-state index in [9.17, 15) is 0 Å². The Morgan fingerprint density at radius 2 is 1.19 bits per heavy atom. The van der Waals surface area contributed by atoms with Crippen LogP contribution < -0.4 is 4.90 Å². The lowest BCUT2D eigenvalue weighted by molar-refractivity contribution is 0.660. The first-order valence-corrected chi connectivity index (χ1v) is 15.9. The Kier molecular flexibility index (Phi) is 5.89. The van der Waals surface area contributed by atoms with Gasteiger partial charge in [-0.25, -0.2) is 0 Å². The largest absolute Gasteiger partial charge is 0.308 e. The second-order valence-corrected chi connectivity index (χ2v) is 13.4. The summed E-state index contributed by atoms with van der Waals surface area (Å²) >= 11 is 5.69. The van der Waals surface area contributed by atoms with E-state index in [1.807, 2.05) is 11.3 Å². The molecule has 0 saturated carbocycles. The van der Waals surface area contributed by atoms with Crippen molar-refractivity contribution in [1.82, 2.24) is 0 Å². The third-order valence-electron chi connectivity index (χ3n) is 8.75. The molecule has 0 amide bonds. The molecule has 202 valence electrons. The summed E-state index contributed by atoms with van der Waals surface area (Å²) in [5.41, 5.74) is 11.3. The molecule has 0 spiro atoms. The summed E-state index contributed by atoms with van der Waals surface area (Å²) in [6, 6.07) is 48.7. The average molecular weight is 623 g/mol. The highest BCUT2D eigenvalue weighted by molar-refractivity contribution is 9.10. The Balaban J connectivity index is 1.43. The van der Waals surface area contributed by atoms with Crippen LogP contribution in [0.4, 0.5) is 17.1 Å². The fourth-order valence-corrected chi connectivity index (χ4v) is 8.54. The lowest BCUT2D eigenvalue weighted by Crippen LogP contribution is -2.17. The first-order chi connectivity index (χ1) is 20.5. The number of halogens is 1. The van der Waals surface area contributed by atoms with Gasteiger partial charge in [-0.3, -0.25) is 0 Å². The van der Waals surface area contributed by atoms with Crippen molar-refractivity contribution in [3.05, 3.63) is 149 Å². The number of benzene rings is 6. The summed E-state index contributed by atoms with van der Waals surface area (Å²) < 4.78 is 3.70. The van der Waals surface area contributed by atoms with E-state index in [2.05, 4.69) is 168 Å². The van der Waals surface area contributed by atoms with E-state index in [0.29, 0.717) is 0 Å². The van der Waals surface area contributed by atoms with Gasteiger partial charge in [0.05, 0.1) is 16.1 Å². The molecule has 0 N–H and O–H groups in total. The molecule has 3 heteroatoms. The van der Waals surface area contributed by atoms with Crippen LogP contribution in [-0.2, 0) is 5.41 Å². The quantitative estimate of drug-likeness (QED) is 0.189. The highest BCUT2D eigenvalue weighted by atomic mass is 79.9. The Bertz CT molecular complexity index is 2140. The molecule has 7 aromatic rings. The van der Waals surface area contributed by atoms with Crippen LogP contribution in [0.3, 0.4) is 0 Å². The fraction of sp³-hybridized carbons (Fsp3) is 0.0769. The van der Waals surface area contributed by atoms with Crippen molar-refractivity contribution < 1.29 is 0 Å². The highest BCUT2D eigenvalue weighted by Gasteiger charge is 2.36. The van der Waals surface area contributed by atoms with Crippen LogP contribution in [0, 0.1) is 0 Å². The third-order valence-corrected chi connectivity index (χ3v) is 11.0. The SMILES string of the molecule is CC1(C)c2ccccc2-c2ccc(N(c3ccccc3-c3ccccc3)c3cccc4c3sc3c(Br)cccc34)cc21. The van der Waals surface area contributed by atoms with E-state index in [4.69, 9.17) is 0 Å². The molecule has 0 fully saturated rings.